The zero-order chi connectivity index (χ0) is 41.5. The Morgan fingerprint density at radius 2 is 1.61 bits per heavy atom. The number of hydrogen-bond acceptors (Lipinski definition) is 14. The normalized spacial score (nSPS) is 12.8. The van der Waals surface area contributed by atoms with Gasteiger partial charge in [0.15, 0.2) is 17.3 Å². The van der Waals surface area contributed by atoms with Gasteiger partial charge in [0.05, 0.1) is 42.8 Å². The van der Waals surface area contributed by atoms with Gasteiger partial charge in [-0.1, -0.05) is 39.2 Å². The number of amides is 4. The van der Waals surface area contributed by atoms with E-state index in [1.165, 1.54) is 42.5 Å². The number of hydrogen-bond donors (Lipinski definition) is 7. The van der Waals surface area contributed by atoms with Crippen molar-refractivity contribution in [1.29, 1.82) is 0 Å². The third-order valence-electron chi connectivity index (χ3n) is 8.87. The number of ether oxygens (including phenoxy) is 3. The molecule has 0 unspecified atom stereocenters. The number of aliphatic carboxylic acids is 2. The summed E-state index contributed by atoms with van der Waals surface area (Å²) in [5, 5.41) is 26.6. The molecule has 0 aliphatic carbocycles. The first-order valence-electron chi connectivity index (χ1n) is 18.4. The summed E-state index contributed by atoms with van der Waals surface area (Å²) in [4.78, 5) is 92.8. The number of carbonyl (C=O) groups is 7. The zero-order valence-electron chi connectivity index (χ0n) is 33.2. The van der Waals surface area contributed by atoms with E-state index in [9.17, 15) is 38.7 Å². The molecule has 59 heavy (non-hydrogen) atoms. The van der Waals surface area contributed by atoms with Gasteiger partial charge in [-0.25, -0.2) is 9.59 Å². The molecule has 0 radical (unpaired) electrons. The Balaban J connectivity index is 0.00000600. The van der Waals surface area contributed by atoms with Gasteiger partial charge in [-0.05, 0) is 62.2 Å². The molecule has 20 heteroatoms. The van der Waals surface area contributed by atoms with E-state index in [1.54, 1.807) is 19.9 Å². The van der Waals surface area contributed by atoms with Crippen LogP contribution in [-0.4, -0.2) is 95.9 Å². The highest BCUT2D eigenvalue weighted by atomic mass is 16.7. The van der Waals surface area contributed by atoms with Crippen molar-refractivity contribution < 1.29 is 67.2 Å². The van der Waals surface area contributed by atoms with Gasteiger partial charge in [-0.15, -0.1) is 0 Å². The fraction of sp³-hybridized carbons (Fsp3) is 0.410. The van der Waals surface area contributed by atoms with Crippen LogP contribution in [0.25, 0.3) is 11.3 Å². The topological polar surface area (TPSA) is 319 Å². The first-order chi connectivity index (χ1) is 27.4. The lowest BCUT2D eigenvalue weighted by molar-refractivity contribution is -0.171. The lowest BCUT2D eigenvalue weighted by Gasteiger charge is -2.32. The van der Waals surface area contributed by atoms with Crippen LogP contribution in [0.4, 0.5) is 0 Å². The van der Waals surface area contributed by atoms with Crippen LogP contribution >= 0.6 is 0 Å². The molecule has 20 nitrogen and oxygen atoms in total. The molecule has 322 valence electrons. The first-order valence-corrected chi connectivity index (χ1v) is 18.4. The second-order valence-electron chi connectivity index (χ2n) is 12.8. The molecule has 2 aromatic carbocycles. The van der Waals surface area contributed by atoms with Crippen molar-refractivity contribution in [3.8, 4) is 28.6 Å². The van der Waals surface area contributed by atoms with Crippen molar-refractivity contribution in [3.05, 3.63) is 65.4 Å². The summed E-state index contributed by atoms with van der Waals surface area (Å²) in [6.07, 6.45) is 2.50. The van der Waals surface area contributed by atoms with E-state index in [1.807, 2.05) is 6.92 Å². The van der Waals surface area contributed by atoms with E-state index < -0.39 is 60.1 Å². The lowest BCUT2D eigenvalue weighted by Crippen LogP contribution is -2.49. The Bertz CT molecular complexity index is 1930. The van der Waals surface area contributed by atoms with Crippen molar-refractivity contribution in [2.45, 2.75) is 71.4 Å². The van der Waals surface area contributed by atoms with E-state index in [-0.39, 0.29) is 60.4 Å². The summed E-state index contributed by atoms with van der Waals surface area (Å²) in [5.74, 6) is -5.56. The van der Waals surface area contributed by atoms with Crippen LogP contribution < -0.4 is 42.5 Å². The minimum absolute atomic E-state index is 0. The maximum absolute atomic E-state index is 13.6. The molecule has 0 fully saturated rings. The van der Waals surface area contributed by atoms with E-state index in [0.29, 0.717) is 49.5 Å². The van der Waals surface area contributed by atoms with Crippen molar-refractivity contribution in [3.63, 3.8) is 0 Å². The molecular weight excluding hydrogens is 776 g/mol. The third kappa shape index (κ3) is 13.2. The fourth-order valence-electron chi connectivity index (χ4n) is 6.03. The Hall–Kier alpha value is -6.67. The highest BCUT2D eigenvalue weighted by molar-refractivity contribution is 6.00. The minimum Gasteiger partial charge on any atom is -0.493 e. The number of furan rings is 1. The van der Waals surface area contributed by atoms with Crippen LogP contribution in [0.2, 0.25) is 0 Å². The standard InChI is InChI=1S/C39H46N4O14.2H3N/c1-4-7-8-9-25(28(5-2)43(22-44)57-39(52)24-11-13-30-33(19-24)55-17-16-54-30)35(47)40-21-41-37(49)31-15-14-29(56-31)23-10-12-26(32(18-23)53-6-3)36(48)42-27(38(50)51)20-34(45)46;;/h10-15,18-19,22,25,27-28H,4-9,16-17,20-21H2,1-3H3,(H,40,47)(H,41,49)(H,42,48)(H,45,46)(H,50,51);2*1H3/t25-,27+,28-;;/m1../s1. The Kier molecular flexibility index (Phi) is 19.3. The maximum atomic E-state index is 13.6. The van der Waals surface area contributed by atoms with Gasteiger partial charge in [0.1, 0.15) is 30.8 Å². The largest absolute Gasteiger partial charge is 0.493 e. The molecule has 4 amide bonds. The van der Waals surface area contributed by atoms with Gasteiger partial charge < -0.3 is 61.9 Å². The summed E-state index contributed by atoms with van der Waals surface area (Å²) >= 11 is 0. The highest BCUT2D eigenvalue weighted by Crippen LogP contribution is 2.32. The molecule has 1 aliphatic rings. The lowest BCUT2D eigenvalue weighted by atomic mass is 9.90. The Labute approximate surface area is 340 Å². The summed E-state index contributed by atoms with van der Waals surface area (Å²) in [6.45, 7) is 5.95. The molecule has 0 spiro atoms. The molecule has 1 aromatic heterocycles. The summed E-state index contributed by atoms with van der Waals surface area (Å²) in [5.41, 5.74) is 0.472. The van der Waals surface area contributed by atoms with Crippen molar-refractivity contribution >= 4 is 42.0 Å². The number of fused-ring (bicyclic) bond motifs is 1. The van der Waals surface area contributed by atoms with Crippen LogP contribution in [0.3, 0.4) is 0 Å². The van der Waals surface area contributed by atoms with Crippen molar-refractivity contribution in [2.24, 2.45) is 5.92 Å². The zero-order valence-corrected chi connectivity index (χ0v) is 33.2. The highest BCUT2D eigenvalue weighted by Gasteiger charge is 2.34. The number of nitrogens with zero attached hydrogens (tertiary/aromatic N) is 1. The van der Waals surface area contributed by atoms with Gasteiger partial charge in [-0.3, -0.25) is 24.0 Å². The molecule has 11 N–H and O–H groups in total. The summed E-state index contributed by atoms with van der Waals surface area (Å²) < 4.78 is 22.4. The van der Waals surface area contributed by atoms with E-state index >= 15 is 0 Å². The van der Waals surface area contributed by atoms with Crippen LogP contribution in [0.1, 0.15) is 90.6 Å². The smallest absolute Gasteiger partial charge is 0.363 e. The van der Waals surface area contributed by atoms with Gasteiger partial charge in [0, 0.05) is 5.56 Å². The van der Waals surface area contributed by atoms with E-state index in [0.717, 1.165) is 17.9 Å². The number of carboxylic acid groups (broad SMARTS) is 2. The molecule has 1 aliphatic heterocycles. The monoisotopic (exact) mass is 828 g/mol. The summed E-state index contributed by atoms with van der Waals surface area (Å²) in [6, 6.07) is 9.18. The van der Waals surface area contributed by atoms with Crippen LogP contribution in [-0.2, 0) is 24.0 Å². The number of rotatable bonds is 22. The molecule has 0 saturated heterocycles. The minimum atomic E-state index is -1.67. The van der Waals surface area contributed by atoms with E-state index in [2.05, 4.69) is 16.0 Å². The third-order valence-corrected chi connectivity index (χ3v) is 8.87. The number of hydroxylamine groups is 2. The van der Waals surface area contributed by atoms with Gasteiger partial charge in [0.25, 0.3) is 11.8 Å². The van der Waals surface area contributed by atoms with Crippen LogP contribution in [0.15, 0.2) is 52.9 Å². The molecule has 0 bridgehead atoms. The molecule has 0 saturated carbocycles. The quantitative estimate of drug-likeness (QED) is 0.0324. The molecule has 3 atom stereocenters. The number of carboxylic acids is 2. The predicted octanol–water partition coefficient (Wildman–Crippen LogP) is 4.11. The van der Waals surface area contributed by atoms with Gasteiger partial charge in [-0.2, -0.15) is 5.06 Å². The first kappa shape index (κ1) is 48.5. The number of carbonyl (C=O) groups excluding carboxylic acids is 5. The molecule has 4 rings (SSSR count). The SMILES string of the molecule is CCCCC[C@@H](C(=O)NCNC(=O)c1ccc(-c2ccc(C(=O)N[C@@H](CC(=O)O)C(=O)O)c(OCC)c2)o1)[C@@H](CC)N(C=O)OC(=O)c1ccc2c(c1)OCCO2.N.N. The molecular formula is C39H52N6O14. The van der Waals surface area contributed by atoms with Crippen LogP contribution in [0, 0.1) is 5.92 Å². The van der Waals surface area contributed by atoms with E-state index in [4.69, 9.17) is 28.6 Å². The van der Waals surface area contributed by atoms with Crippen molar-refractivity contribution in [1.82, 2.24) is 33.3 Å². The average Bonchev–Trinajstić information content (AvgIpc) is 3.70. The summed E-state index contributed by atoms with van der Waals surface area (Å²) in [7, 11) is 0. The Morgan fingerprint density at radius 3 is 2.25 bits per heavy atom. The van der Waals surface area contributed by atoms with Crippen LogP contribution in [0.5, 0.6) is 17.2 Å². The number of benzene rings is 2. The maximum Gasteiger partial charge on any atom is 0.363 e. The van der Waals surface area contributed by atoms with Gasteiger partial charge in [0.2, 0.25) is 12.3 Å². The predicted molar refractivity (Wildman–Crippen MR) is 209 cm³/mol. The molecule has 2 heterocycles. The average molecular weight is 829 g/mol. The number of nitrogens with one attached hydrogen (secondary N) is 3. The second-order valence-corrected chi connectivity index (χ2v) is 12.8. The Morgan fingerprint density at radius 1 is 0.881 bits per heavy atom. The number of unbranched alkanes of at least 4 members (excludes halogenated alkanes) is 2. The van der Waals surface area contributed by atoms with Gasteiger partial charge >= 0.3 is 17.9 Å². The molecule has 3 aromatic rings. The fourth-order valence-corrected chi connectivity index (χ4v) is 6.03. The second kappa shape index (κ2) is 23.5. The van der Waals surface area contributed by atoms with Crippen molar-refractivity contribution in [2.75, 3.05) is 26.5 Å².